The molecule has 1 aliphatic heterocycles. The van der Waals surface area contributed by atoms with Gasteiger partial charge in [0, 0.05) is 56.4 Å². The van der Waals surface area contributed by atoms with Crippen molar-refractivity contribution in [2.75, 3.05) is 37.4 Å². The van der Waals surface area contributed by atoms with Gasteiger partial charge in [-0.05, 0) is 49.2 Å². The number of allylic oxidation sites excluding steroid dienone is 2. The zero-order valence-electron chi connectivity index (χ0n) is 18.9. The van der Waals surface area contributed by atoms with Gasteiger partial charge in [0.15, 0.2) is 0 Å². The molecular weight excluding hydrogens is 453 g/mol. The number of H-pyrrole nitrogens is 1. The van der Waals surface area contributed by atoms with Crippen LogP contribution < -0.4 is 10.2 Å². The van der Waals surface area contributed by atoms with Gasteiger partial charge >= 0.3 is 5.51 Å². The maximum Gasteiger partial charge on any atom is 0.501 e. The largest absolute Gasteiger partial charge is 0.501 e. The highest BCUT2D eigenvalue weighted by molar-refractivity contribution is 7.92. The Kier molecular flexibility index (Phi) is 7.16. The minimum atomic E-state index is -5.36. The van der Waals surface area contributed by atoms with Gasteiger partial charge in [0.25, 0.3) is 9.84 Å². The van der Waals surface area contributed by atoms with E-state index >= 15 is 0 Å². The lowest BCUT2D eigenvalue weighted by Crippen LogP contribution is -2.34. The van der Waals surface area contributed by atoms with E-state index in [2.05, 4.69) is 34.8 Å². The van der Waals surface area contributed by atoms with Gasteiger partial charge in [0.1, 0.15) is 5.82 Å². The summed E-state index contributed by atoms with van der Waals surface area (Å²) in [5.74, 6) is 0.906. The summed E-state index contributed by atoms with van der Waals surface area (Å²) in [6.07, 6.45) is 5.63. The number of halogens is 3. The molecule has 0 aliphatic carbocycles. The Balaban J connectivity index is 1.80. The lowest BCUT2D eigenvalue weighted by Gasteiger charge is -2.28. The number of likely N-dealkylation sites (N-methyl/N-ethyl adjacent to an activating group) is 1. The van der Waals surface area contributed by atoms with Crippen molar-refractivity contribution in [1.82, 2.24) is 9.88 Å². The van der Waals surface area contributed by atoms with Crippen molar-refractivity contribution in [3.63, 3.8) is 0 Å². The van der Waals surface area contributed by atoms with Gasteiger partial charge in [0.2, 0.25) is 0 Å². The van der Waals surface area contributed by atoms with Crippen LogP contribution >= 0.6 is 0 Å². The molecule has 0 saturated carbocycles. The number of rotatable bonds is 8. The second-order valence-electron chi connectivity index (χ2n) is 8.00. The van der Waals surface area contributed by atoms with Crippen LogP contribution in [0.15, 0.2) is 59.7 Å². The number of benzene rings is 1. The highest BCUT2D eigenvalue weighted by atomic mass is 32.2. The van der Waals surface area contributed by atoms with Crippen molar-refractivity contribution in [3.05, 3.63) is 60.3 Å². The van der Waals surface area contributed by atoms with Crippen LogP contribution in [0, 0.1) is 0 Å². The number of likely N-dealkylation sites (tertiary alicyclic amines) is 1. The number of aromatic nitrogens is 1. The molecule has 1 aromatic heterocycles. The van der Waals surface area contributed by atoms with Gasteiger partial charge < -0.3 is 20.1 Å². The molecule has 0 spiro atoms. The summed E-state index contributed by atoms with van der Waals surface area (Å²) in [6.45, 7) is 7.68. The molecule has 1 aliphatic rings. The first-order chi connectivity index (χ1) is 15.5. The standard InChI is InChI=1S/C23H29F3N4O2S/c1-5-16(2)14-21(20-10-12-28-22(20)27-3)30-13-11-18(15-30)29(4)17-6-8-19(9-7-17)33(31,32)23(24,25)26/h6-10,12,14,18,27-28H,2,5,11,13,15H2,1,3-4H3/b21-14+. The summed E-state index contributed by atoms with van der Waals surface area (Å²) in [5, 5.41) is 3.17. The predicted octanol–water partition coefficient (Wildman–Crippen LogP) is 4.87. The van der Waals surface area contributed by atoms with E-state index in [0.29, 0.717) is 12.2 Å². The van der Waals surface area contributed by atoms with Crippen molar-refractivity contribution in [2.24, 2.45) is 0 Å². The second kappa shape index (κ2) is 9.54. The van der Waals surface area contributed by atoms with E-state index in [1.807, 2.05) is 31.3 Å². The maximum atomic E-state index is 12.8. The molecule has 3 rings (SSSR count). The predicted molar refractivity (Wildman–Crippen MR) is 126 cm³/mol. The maximum absolute atomic E-state index is 12.8. The molecule has 2 aromatic rings. The molecule has 33 heavy (non-hydrogen) atoms. The Bertz CT molecular complexity index is 1120. The van der Waals surface area contributed by atoms with Gasteiger partial charge in [-0.15, -0.1) is 0 Å². The van der Waals surface area contributed by atoms with Crippen molar-refractivity contribution in [2.45, 2.75) is 36.2 Å². The third-order valence-electron chi connectivity index (χ3n) is 5.98. The lowest BCUT2D eigenvalue weighted by molar-refractivity contribution is -0.0436. The van der Waals surface area contributed by atoms with E-state index in [9.17, 15) is 21.6 Å². The molecule has 0 radical (unpaired) electrons. The van der Waals surface area contributed by atoms with Crippen LogP contribution in [0.4, 0.5) is 24.7 Å². The normalized spacial score (nSPS) is 17.3. The minimum Gasteiger partial charge on any atom is -0.374 e. The summed E-state index contributed by atoms with van der Waals surface area (Å²) >= 11 is 0. The van der Waals surface area contributed by atoms with E-state index in [1.165, 1.54) is 12.1 Å². The Morgan fingerprint density at radius 3 is 2.55 bits per heavy atom. The van der Waals surface area contributed by atoms with E-state index in [0.717, 1.165) is 54.2 Å². The lowest BCUT2D eigenvalue weighted by atomic mass is 10.1. The van der Waals surface area contributed by atoms with E-state index < -0.39 is 20.2 Å². The van der Waals surface area contributed by atoms with Gasteiger partial charge in [0.05, 0.1) is 4.90 Å². The molecule has 2 N–H and O–H groups in total. The highest BCUT2D eigenvalue weighted by Gasteiger charge is 2.46. The number of hydrogen-bond acceptors (Lipinski definition) is 5. The first-order valence-corrected chi connectivity index (χ1v) is 12.1. The fourth-order valence-electron chi connectivity index (χ4n) is 3.91. The molecule has 2 heterocycles. The fourth-order valence-corrected chi connectivity index (χ4v) is 4.67. The van der Waals surface area contributed by atoms with Crippen LogP contribution in [-0.2, 0) is 9.84 Å². The number of hydrogen-bond donors (Lipinski definition) is 2. The molecule has 1 aromatic carbocycles. The number of nitrogens with zero attached hydrogens (tertiary/aromatic N) is 2. The van der Waals surface area contributed by atoms with Crippen molar-refractivity contribution in [3.8, 4) is 0 Å². The Labute approximate surface area is 192 Å². The molecule has 6 nitrogen and oxygen atoms in total. The third-order valence-corrected chi connectivity index (χ3v) is 7.48. The first-order valence-electron chi connectivity index (χ1n) is 10.6. The first kappa shape index (κ1) is 24.8. The quantitative estimate of drug-likeness (QED) is 0.526. The number of alkyl halides is 3. The molecule has 1 unspecified atom stereocenters. The van der Waals surface area contributed by atoms with Crippen molar-refractivity contribution in [1.29, 1.82) is 0 Å². The Morgan fingerprint density at radius 1 is 1.30 bits per heavy atom. The van der Waals surface area contributed by atoms with Gasteiger partial charge in [-0.3, -0.25) is 0 Å². The topological polar surface area (TPSA) is 68.4 Å². The Morgan fingerprint density at radius 2 is 1.97 bits per heavy atom. The van der Waals surface area contributed by atoms with E-state index in [4.69, 9.17) is 0 Å². The van der Waals surface area contributed by atoms with Gasteiger partial charge in [-0.1, -0.05) is 19.1 Å². The fraction of sp³-hybridized carbons (Fsp3) is 0.391. The minimum absolute atomic E-state index is 0.102. The zero-order chi connectivity index (χ0) is 24.4. The van der Waals surface area contributed by atoms with Crippen LogP contribution in [0.25, 0.3) is 5.70 Å². The molecule has 1 atom stereocenters. The number of nitrogens with one attached hydrogen (secondary N) is 2. The molecule has 180 valence electrons. The van der Waals surface area contributed by atoms with Crippen LogP contribution in [-0.4, -0.2) is 57.0 Å². The summed E-state index contributed by atoms with van der Waals surface area (Å²) in [4.78, 5) is 6.69. The summed E-state index contributed by atoms with van der Waals surface area (Å²) in [7, 11) is -1.64. The monoisotopic (exact) mass is 482 g/mol. The number of sulfone groups is 1. The second-order valence-corrected chi connectivity index (χ2v) is 9.94. The number of anilines is 2. The van der Waals surface area contributed by atoms with E-state index in [-0.39, 0.29) is 6.04 Å². The molecule has 1 saturated heterocycles. The van der Waals surface area contributed by atoms with Crippen molar-refractivity contribution < 1.29 is 21.6 Å². The van der Waals surface area contributed by atoms with Crippen LogP contribution in [0.2, 0.25) is 0 Å². The van der Waals surface area contributed by atoms with Crippen LogP contribution in [0.3, 0.4) is 0 Å². The average Bonchev–Trinajstić information content (AvgIpc) is 3.46. The molecular formula is C23H29F3N4O2S. The highest BCUT2D eigenvalue weighted by Crippen LogP contribution is 2.34. The SMILES string of the molecule is C=C(/C=C(\c1cc[nH]c1NC)N1CCC(N(C)c2ccc(S(=O)(=O)C(F)(F)F)cc2)C1)CC. The molecule has 0 amide bonds. The number of aromatic amines is 1. The third kappa shape index (κ3) is 5.05. The van der Waals surface area contributed by atoms with Crippen molar-refractivity contribution >= 4 is 27.0 Å². The molecule has 1 fully saturated rings. The van der Waals surface area contributed by atoms with E-state index in [1.54, 1.807) is 0 Å². The van der Waals surface area contributed by atoms with Gasteiger partial charge in [-0.25, -0.2) is 8.42 Å². The molecule has 0 bridgehead atoms. The van der Waals surface area contributed by atoms with Crippen LogP contribution in [0.1, 0.15) is 25.3 Å². The average molecular weight is 483 g/mol. The smallest absolute Gasteiger partial charge is 0.374 e. The summed E-state index contributed by atoms with van der Waals surface area (Å²) < 4.78 is 61.7. The summed E-state index contributed by atoms with van der Waals surface area (Å²) in [5.41, 5.74) is -1.56. The molecule has 10 heteroatoms. The Hall–Kier alpha value is -2.88. The van der Waals surface area contributed by atoms with Gasteiger partial charge in [-0.2, -0.15) is 13.2 Å². The zero-order valence-corrected chi connectivity index (χ0v) is 19.7. The van der Waals surface area contributed by atoms with Crippen LogP contribution in [0.5, 0.6) is 0 Å². The summed E-state index contributed by atoms with van der Waals surface area (Å²) in [6, 6.07) is 6.97.